The molecule has 0 aliphatic heterocycles. The Bertz CT molecular complexity index is 952. The molecule has 0 atom stereocenters. The van der Waals surface area contributed by atoms with E-state index in [0.717, 1.165) is 27.0 Å². The summed E-state index contributed by atoms with van der Waals surface area (Å²) in [6, 6.07) is 15.3. The lowest BCUT2D eigenvalue weighted by Crippen LogP contribution is -2.26. The van der Waals surface area contributed by atoms with E-state index in [1.165, 1.54) is 0 Å². The molecule has 140 valence electrons. The van der Waals surface area contributed by atoms with Gasteiger partial charge in [-0.3, -0.25) is 9.48 Å². The van der Waals surface area contributed by atoms with Crippen LogP contribution in [0.5, 0.6) is 5.75 Å². The Labute approximate surface area is 167 Å². The van der Waals surface area contributed by atoms with Crippen molar-refractivity contribution in [3.63, 3.8) is 0 Å². The van der Waals surface area contributed by atoms with Crippen LogP contribution in [0, 0.1) is 6.92 Å². The average Bonchev–Trinajstić information content (AvgIpc) is 2.98. The molecule has 0 bridgehead atoms. The normalized spacial score (nSPS) is 10.7. The molecule has 3 aromatic rings. The maximum absolute atomic E-state index is 12.8. The van der Waals surface area contributed by atoms with Crippen LogP contribution in [0.25, 0.3) is 0 Å². The van der Waals surface area contributed by atoms with Gasteiger partial charge in [0.1, 0.15) is 12.4 Å². The lowest BCUT2D eigenvalue weighted by Gasteiger charge is -2.17. The van der Waals surface area contributed by atoms with Gasteiger partial charge in [-0.15, -0.1) is 0 Å². The number of nitrogens with zero attached hydrogens (tertiary/aromatic N) is 3. The Hall–Kier alpha value is -2.60. The Kier molecular flexibility index (Phi) is 5.96. The third-order valence-corrected chi connectivity index (χ3v) is 4.96. The van der Waals surface area contributed by atoms with Gasteiger partial charge >= 0.3 is 0 Å². The first-order chi connectivity index (χ1) is 12.9. The molecule has 1 heterocycles. The first kappa shape index (κ1) is 19.2. The summed E-state index contributed by atoms with van der Waals surface area (Å²) >= 11 is 3.43. The van der Waals surface area contributed by atoms with Crippen molar-refractivity contribution in [3.8, 4) is 5.75 Å². The van der Waals surface area contributed by atoms with Gasteiger partial charge < -0.3 is 9.64 Å². The zero-order chi connectivity index (χ0) is 19.4. The van der Waals surface area contributed by atoms with E-state index >= 15 is 0 Å². The molecule has 3 rings (SSSR count). The molecule has 0 saturated heterocycles. The molecule has 0 aliphatic carbocycles. The second kappa shape index (κ2) is 8.39. The molecule has 2 aromatic carbocycles. The van der Waals surface area contributed by atoms with Crippen molar-refractivity contribution >= 4 is 21.8 Å². The number of amides is 1. The topological polar surface area (TPSA) is 47.4 Å². The number of halogens is 1. The van der Waals surface area contributed by atoms with Crippen LogP contribution in [0.4, 0.5) is 0 Å². The van der Waals surface area contributed by atoms with Gasteiger partial charge in [-0.1, -0.05) is 34.1 Å². The van der Waals surface area contributed by atoms with Crippen LogP contribution in [0.3, 0.4) is 0 Å². The quantitative estimate of drug-likeness (QED) is 0.587. The first-order valence-corrected chi connectivity index (χ1v) is 9.43. The fraction of sp³-hybridized carbons (Fsp3) is 0.238. The molecule has 0 fully saturated rings. The maximum atomic E-state index is 12.8. The molecule has 0 radical (unpaired) electrons. The molecule has 5 nitrogen and oxygen atoms in total. The van der Waals surface area contributed by atoms with E-state index in [1.54, 1.807) is 18.1 Å². The number of aromatic nitrogens is 2. The second-order valence-electron chi connectivity index (χ2n) is 6.49. The summed E-state index contributed by atoms with van der Waals surface area (Å²) in [6.45, 7) is 2.93. The summed E-state index contributed by atoms with van der Waals surface area (Å²) in [4.78, 5) is 14.5. The van der Waals surface area contributed by atoms with Crippen LogP contribution in [-0.2, 0) is 20.2 Å². The first-order valence-electron chi connectivity index (χ1n) is 8.64. The Morgan fingerprint density at radius 3 is 2.70 bits per heavy atom. The van der Waals surface area contributed by atoms with Crippen LogP contribution < -0.4 is 4.74 Å². The summed E-state index contributed by atoms with van der Waals surface area (Å²) < 4.78 is 8.60. The fourth-order valence-corrected chi connectivity index (χ4v) is 3.14. The Balaban J connectivity index is 1.66. The van der Waals surface area contributed by atoms with Gasteiger partial charge in [-0.05, 0) is 42.8 Å². The molecule has 0 saturated carbocycles. The maximum Gasteiger partial charge on any atom is 0.253 e. The minimum absolute atomic E-state index is 0.0254. The van der Waals surface area contributed by atoms with E-state index in [4.69, 9.17) is 4.74 Å². The number of ether oxygens (including phenoxy) is 1. The fourth-order valence-electron chi connectivity index (χ4n) is 2.76. The number of hydrogen-bond acceptors (Lipinski definition) is 3. The summed E-state index contributed by atoms with van der Waals surface area (Å²) in [5.41, 5.74) is 3.70. The smallest absolute Gasteiger partial charge is 0.253 e. The van der Waals surface area contributed by atoms with Gasteiger partial charge in [0.2, 0.25) is 0 Å². The van der Waals surface area contributed by atoms with E-state index in [0.29, 0.717) is 18.7 Å². The van der Waals surface area contributed by atoms with Crippen molar-refractivity contribution < 1.29 is 9.53 Å². The average molecular weight is 428 g/mol. The van der Waals surface area contributed by atoms with Crippen molar-refractivity contribution in [1.82, 2.24) is 14.7 Å². The van der Waals surface area contributed by atoms with E-state index in [9.17, 15) is 4.79 Å². The molecule has 0 unspecified atom stereocenters. The number of benzene rings is 2. The van der Waals surface area contributed by atoms with Crippen molar-refractivity contribution in [1.29, 1.82) is 0 Å². The van der Waals surface area contributed by atoms with Crippen molar-refractivity contribution in [3.05, 3.63) is 81.6 Å². The van der Waals surface area contributed by atoms with Crippen molar-refractivity contribution in [2.75, 3.05) is 7.05 Å². The zero-order valence-electron chi connectivity index (χ0n) is 15.6. The number of carbonyl (C=O) groups excluding carboxylic acids is 1. The monoisotopic (exact) mass is 427 g/mol. The predicted octanol–water partition coefficient (Wildman–Crippen LogP) is 4.34. The van der Waals surface area contributed by atoms with Gasteiger partial charge in [-0.25, -0.2) is 0 Å². The molecular formula is C21H22BrN3O2. The lowest BCUT2D eigenvalue weighted by atomic mass is 10.1. The van der Waals surface area contributed by atoms with Crippen LogP contribution in [0.15, 0.2) is 59.2 Å². The van der Waals surface area contributed by atoms with E-state index in [1.807, 2.05) is 67.2 Å². The van der Waals surface area contributed by atoms with E-state index in [2.05, 4.69) is 21.0 Å². The molecule has 6 heteroatoms. The van der Waals surface area contributed by atoms with Crippen molar-refractivity contribution in [2.45, 2.75) is 20.1 Å². The summed E-state index contributed by atoms with van der Waals surface area (Å²) in [5.74, 6) is 0.757. The Morgan fingerprint density at radius 1 is 1.22 bits per heavy atom. The third-order valence-electron chi connectivity index (χ3n) is 4.47. The van der Waals surface area contributed by atoms with Gasteiger partial charge in [0.15, 0.2) is 0 Å². The summed E-state index contributed by atoms with van der Waals surface area (Å²) in [6.07, 6.45) is 1.81. The highest BCUT2D eigenvalue weighted by Crippen LogP contribution is 2.19. The second-order valence-corrected chi connectivity index (χ2v) is 7.40. The largest absolute Gasteiger partial charge is 0.489 e. The van der Waals surface area contributed by atoms with Crippen molar-refractivity contribution in [2.24, 2.45) is 7.05 Å². The van der Waals surface area contributed by atoms with Gasteiger partial charge in [-0.2, -0.15) is 5.10 Å². The van der Waals surface area contributed by atoms with E-state index in [-0.39, 0.29) is 5.91 Å². The number of rotatable bonds is 6. The highest BCUT2D eigenvalue weighted by molar-refractivity contribution is 9.10. The summed E-state index contributed by atoms with van der Waals surface area (Å²) in [7, 11) is 3.70. The molecule has 1 amide bonds. The molecule has 0 N–H and O–H groups in total. The van der Waals surface area contributed by atoms with Gasteiger partial charge in [0, 0.05) is 41.9 Å². The molecule has 0 aliphatic rings. The molecule has 27 heavy (non-hydrogen) atoms. The third kappa shape index (κ3) is 4.77. The van der Waals surface area contributed by atoms with Crippen LogP contribution in [-0.4, -0.2) is 27.6 Å². The number of carbonyl (C=O) groups is 1. The number of aryl methyl sites for hydroxylation is 1. The minimum atomic E-state index is -0.0254. The van der Waals surface area contributed by atoms with Gasteiger partial charge in [0.05, 0.1) is 6.20 Å². The lowest BCUT2D eigenvalue weighted by molar-refractivity contribution is 0.0784. The van der Waals surface area contributed by atoms with Gasteiger partial charge in [0.25, 0.3) is 5.91 Å². The zero-order valence-corrected chi connectivity index (χ0v) is 17.2. The SMILES string of the molecule is Cc1c(CN(C)C(=O)c2cccc(COc3cccc(Br)c3)c2)cnn1C. The standard InChI is InChI=1S/C21H22BrN3O2/c1-15-18(12-23-25(15)3)13-24(2)21(26)17-7-4-6-16(10-17)14-27-20-9-5-8-19(22)11-20/h4-12H,13-14H2,1-3H3. The minimum Gasteiger partial charge on any atom is -0.489 e. The highest BCUT2D eigenvalue weighted by atomic mass is 79.9. The van der Waals surface area contributed by atoms with Crippen LogP contribution in [0.1, 0.15) is 27.2 Å². The van der Waals surface area contributed by atoms with Crippen LogP contribution >= 0.6 is 15.9 Å². The van der Waals surface area contributed by atoms with Crippen LogP contribution in [0.2, 0.25) is 0 Å². The predicted molar refractivity (Wildman–Crippen MR) is 109 cm³/mol. The molecular weight excluding hydrogens is 406 g/mol. The van der Waals surface area contributed by atoms with E-state index < -0.39 is 0 Å². The highest BCUT2D eigenvalue weighted by Gasteiger charge is 2.15. The summed E-state index contributed by atoms with van der Waals surface area (Å²) in [5, 5.41) is 4.23. The number of hydrogen-bond donors (Lipinski definition) is 0. The molecule has 1 aromatic heterocycles. The molecule has 0 spiro atoms. The Morgan fingerprint density at radius 2 is 2.00 bits per heavy atom.